The number of fused-ring (bicyclic) bond motifs is 1. The van der Waals surface area contributed by atoms with Crippen LogP contribution in [0.25, 0.3) is 0 Å². The van der Waals surface area contributed by atoms with E-state index in [-0.39, 0.29) is 41.9 Å². The summed E-state index contributed by atoms with van der Waals surface area (Å²) in [6, 6.07) is 7.84. The van der Waals surface area contributed by atoms with Crippen LogP contribution >= 0.6 is 11.6 Å². The minimum atomic E-state index is -0.417. The van der Waals surface area contributed by atoms with Crippen LogP contribution in [0.15, 0.2) is 30.3 Å². The third kappa shape index (κ3) is 3.51. The third-order valence-corrected chi connectivity index (χ3v) is 4.48. The molecule has 6 heteroatoms. The van der Waals surface area contributed by atoms with Crippen molar-refractivity contribution in [2.45, 2.75) is 26.2 Å². The Kier molecular flexibility index (Phi) is 4.77. The van der Waals surface area contributed by atoms with Gasteiger partial charge in [-0.25, -0.2) is 4.39 Å². The van der Waals surface area contributed by atoms with Gasteiger partial charge in [-0.1, -0.05) is 24.6 Å². The summed E-state index contributed by atoms with van der Waals surface area (Å²) in [4.78, 5) is 24.2. The monoisotopic (exact) mass is 361 g/mol. The number of carbonyl (C=O) groups is 2. The molecule has 2 aromatic rings. The van der Waals surface area contributed by atoms with Gasteiger partial charge in [0.2, 0.25) is 0 Å². The summed E-state index contributed by atoms with van der Waals surface area (Å²) in [7, 11) is 0. The number of ether oxygens (including phenoxy) is 1. The van der Waals surface area contributed by atoms with Crippen LogP contribution in [-0.4, -0.2) is 18.3 Å². The van der Waals surface area contributed by atoms with E-state index < -0.39 is 5.82 Å². The highest BCUT2D eigenvalue weighted by Crippen LogP contribution is 2.39. The number of nitrogens with one attached hydrogen (secondary N) is 1. The van der Waals surface area contributed by atoms with E-state index in [0.717, 1.165) is 5.56 Å². The maximum Gasteiger partial charge on any atom is 0.262 e. The zero-order valence-corrected chi connectivity index (χ0v) is 14.6. The fourth-order valence-electron chi connectivity index (χ4n) is 3.00. The lowest BCUT2D eigenvalue weighted by molar-refractivity contribution is -0.118. The standard InChI is InChI=1S/C19H17ClFNO3/c1-10-3-4-12(20)8-14(10)22-17(24)9-25-16-6-5-13(21)18-11(2)7-15(23)19(16)18/h3-6,8,11H,7,9H2,1-2H3,(H,22,24). The largest absolute Gasteiger partial charge is 0.483 e. The summed E-state index contributed by atoms with van der Waals surface area (Å²) in [6.45, 7) is 3.36. The Balaban J connectivity index is 1.73. The number of rotatable bonds is 4. The Morgan fingerprint density at radius 2 is 2.12 bits per heavy atom. The molecule has 1 N–H and O–H groups in total. The molecule has 0 heterocycles. The third-order valence-electron chi connectivity index (χ3n) is 4.25. The lowest BCUT2D eigenvalue weighted by atomic mass is 10.0. The first-order chi connectivity index (χ1) is 11.9. The second kappa shape index (κ2) is 6.84. The Morgan fingerprint density at radius 3 is 2.88 bits per heavy atom. The fraction of sp³-hybridized carbons (Fsp3) is 0.263. The number of aryl methyl sites for hydroxylation is 1. The summed E-state index contributed by atoms with van der Waals surface area (Å²) in [5.74, 6) is -0.914. The summed E-state index contributed by atoms with van der Waals surface area (Å²) < 4.78 is 19.5. The lowest BCUT2D eigenvalue weighted by Crippen LogP contribution is -2.21. The fourth-order valence-corrected chi connectivity index (χ4v) is 3.18. The van der Waals surface area contributed by atoms with Gasteiger partial charge in [0.25, 0.3) is 5.91 Å². The van der Waals surface area contributed by atoms with Crippen molar-refractivity contribution in [1.29, 1.82) is 0 Å². The van der Waals surface area contributed by atoms with Crippen molar-refractivity contribution in [3.63, 3.8) is 0 Å². The molecule has 2 aromatic carbocycles. The van der Waals surface area contributed by atoms with E-state index in [1.807, 2.05) is 6.92 Å². The van der Waals surface area contributed by atoms with E-state index in [0.29, 0.717) is 16.3 Å². The molecule has 1 atom stereocenters. The van der Waals surface area contributed by atoms with Gasteiger partial charge in [0.1, 0.15) is 11.6 Å². The molecule has 0 fully saturated rings. The number of hydrogen-bond donors (Lipinski definition) is 1. The Bertz CT molecular complexity index is 866. The molecular weight excluding hydrogens is 345 g/mol. The molecule has 1 unspecified atom stereocenters. The maximum absolute atomic E-state index is 14.0. The van der Waals surface area contributed by atoms with Gasteiger partial charge in [-0.05, 0) is 42.7 Å². The Labute approximate surface area is 149 Å². The predicted molar refractivity (Wildman–Crippen MR) is 94.1 cm³/mol. The normalized spacial score (nSPS) is 15.8. The van der Waals surface area contributed by atoms with Gasteiger partial charge in [0, 0.05) is 22.7 Å². The maximum atomic E-state index is 14.0. The number of carbonyl (C=O) groups excluding carboxylic acids is 2. The first-order valence-corrected chi connectivity index (χ1v) is 8.29. The number of amides is 1. The molecule has 130 valence electrons. The summed E-state index contributed by atoms with van der Waals surface area (Å²) in [5, 5.41) is 3.22. The SMILES string of the molecule is Cc1ccc(Cl)cc1NC(=O)COc1ccc(F)c2c1C(=O)CC2C. The molecule has 1 aliphatic rings. The first kappa shape index (κ1) is 17.4. The molecule has 0 spiro atoms. The van der Waals surface area contributed by atoms with Gasteiger partial charge in [-0.15, -0.1) is 0 Å². The highest BCUT2D eigenvalue weighted by atomic mass is 35.5. The molecule has 0 saturated heterocycles. The van der Waals surface area contributed by atoms with Crippen LogP contribution < -0.4 is 10.1 Å². The molecule has 3 rings (SSSR count). The number of hydrogen-bond acceptors (Lipinski definition) is 3. The molecule has 0 radical (unpaired) electrons. The average Bonchev–Trinajstić information content (AvgIpc) is 2.86. The summed E-state index contributed by atoms with van der Waals surface area (Å²) >= 11 is 5.93. The van der Waals surface area contributed by atoms with Gasteiger partial charge in [-0.3, -0.25) is 9.59 Å². The highest BCUT2D eigenvalue weighted by Gasteiger charge is 2.32. The average molecular weight is 362 g/mol. The zero-order valence-electron chi connectivity index (χ0n) is 13.9. The van der Waals surface area contributed by atoms with Crippen molar-refractivity contribution in [3.8, 4) is 5.75 Å². The van der Waals surface area contributed by atoms with Crippen LogP contribution in [0.3, 0.4) is 0 Å². The number of halogens is 2. The van der Waals surface area contributed by atoms with Crippen LogP contribution in [0.1, 0.15) is 40.7 Å². The van der Waals surface area contributed by atoms with Gasteiger partial charge >= 0.3 is 0 Å². The van der Waals surface area contributed by atoms with Gasteiger partial charge in [0.15, 0.2) is 12.4 Å². The van der Waals surface area contributed by atoms with E-state index in [9.17, 15) is 14.0 Å². The summed E-state index contributed by atoms with van der Waals surface area (Å²) in [6.07, 6.45) is 0.251. The van der Waals surface area contributed by atoms with Crippen LogP contribution in [0, 0.1) is 12.7 Å². The van der Waals surface area contributed by atoms with E-state index in [4.69, 9.17) is 16.3 Å². The predicted octanol–water partition coefficient (Wildman–Crippen LogP) is 4.49. The van der Waals surface area contributed by atoms with E-state index in [1.54, 1.807) is 25.1 Å². The zero-order chi connectivity index (χ0) is 18.1. The van der Waals surface area contributed by atoms with Crippen molar-refractivity contribution in [2.75, 3.05) is 11.9 Å². The minimum absolute atomic E-state index is 0.164. The van der Waals surface area contributed by atoms with Gasteiger partial charge in [0.05, 0.1) is 5.56 Å². The molecule has 1 amide bonds. The van der Waals surface area contributed by atoms with Crippen LogP contribution in [0.2, 0.25) is 5.02 Å². The van der Waals surface area contributed by atoms with Gasteiger partial charge < -0.3 is 10.1 Å². The molecule has 0 bridgehead atoms. The van der Waals surface area contributed by atoms with E-state index >= 15 is 0 Å². The molecule has 0 aromatic heterocycles. The molecule has 4 nitrogen and oxygen atoms in total. The van der Waals surface area contributed by atoms with Gasteiger partial charge in [-0.2, -0.15) is 0 Å². The molecule has 0 saturated carbocycles. The van der Waals surface area contributed by atoms with Crippen LogP contribution in [0.5, 0.6) is 5.75 Å². The van der Waals surface area contributed by atoms with Crippen LogP contribution in [-0.2, 0) is 4.79 Å². The second-order valence-corrected chi connectivity index (χ2v) is 6.60. The topological polar surface area (TPSA) is 55.4 Å². The van der Waals surface area contributed by atoms with Crippen LogP contribution in [0.4, 0.5) is 10.1 Å². The lowest BCUT2D eigenvalue weighted by Gasteiger charge is -2.13. The van der Waals surface area contributed by atoms with Crippen molar-refractivity contribution in [2.24, 2.45) is 0 Å². The minimum Gasteiger partial charge on any atom is -0.483 e. The number of benzene rings is 2. The van der Waals surface area contributed by atoms with E-state index in [1.165, 1.54) is 12.1 Å². The van der Waals surface area contributed by atoms with Crippen molar-refractivity contribution in [1.82, 2.24) is 0 Å². The number of ketones is 1. The van der Waals surface area contributed by atoms with Crippen molar-refractivity contribution in [3.05, 3.63) is 57.9 Å². The summed E-state index contributed by atoms with van der Waals surface area (Å²) in [5.41, 5.74) is 2.08. The molecular formula is C19H17ClFNO3. The smallest absolute Gasteiger partial charge is 0.262 e. The Hall–Kier alpha value is -2.40. The number of Topliss-reactive ketones (excluding diaryl/α,β-unsaturated/α-hetero) is 1. The highest BCUT2D eigenvalue weighted by molar-refractivity contribution is 6.31. The number of anilines is 1. The van der Waals surface area contributed by atoms with Crippen molar-refractivity contribution >= 4 is 29.0 Å². The molecule has 25 heavy (non-hydrogen) atoms. The Morgan fingerprint density at radius 1 is 1.36 bits per heavy atom. The first-order valence-electron chi connectivity index (χ1n) is 7.91. The molecule has 0 aliphatic heterocycles. The second-order valence-electron chi connectivity index (χ2n) is 6.16. The molecule has 1 aliphatic carbocycles. The van der Waals surface area contributed by atoms with E-state index in [2.05, 4.69) is 5.32 Å². The van der Waals surface area contributed by atoms with Crippen molar-refractivity contribution < 1.29 is 18.7 Å². The quantitative estimate of drug-likeness (QED) is 0.872.